The number of amides is 2. The van der Waals surface area contributed by atoms with E-state index in [4.69, 9.17) is 24.4 Å². The van der Waals surface area contributed by atoms with Crippen molar-refractivity contribution in [3.05, 3.63) is 56.7 Å². The van der Waals surface area contributed by atoms with Gasteiger partial charge >= 0.3 is 123 Å². The molecule has 2 aromatic heterocycles. The minimum atomic E-state index is -0.525. The number of fused-ring (bicyclic) bond motifs is 1. The molecule has 0 radical (unpaired) electrons. The van der Waals surface area contributed by atoms with Crippen LogP contribution >= 0.6 is 24.4 Å². The molecule has 2 N–H and O–H groups in total. The molecule has 2 heterocycles. The van der Waals surface area contributed by atoms with Gasteiger partial charge in [0.25, 0.3) is 0 Å². The molecule has 0 saturated heterocycles. The molecule has 0 aliphatic carbocycles. The standard InChI is InChI=1S/C20H21BN6O2S2/c1-22-17(28)14(18(29)23-10-21)8-12-4-6-13(7-5-12)9-27-11-24-16-15(27)19(30)26(3)20(31)25(16)2/h4-8,10-11,21H,9H2,1-3H3,(H,22,28)(H,23,29)/b14-8+. The van der Waals surface area contributed by atoms with E-state index >= 15 is 0 Å². The van der Waals surface area contributed by atoms with Crippen LogP contribution in [0.2, 0.25) is 0 Å². The summed E-state index contributed by atoms with van der Waals surface area (Å²) >= 11 is 11.0. The number of nitrogens with zero attached hydrogens (tertiary/aromatic N) is 4. The second kappa shape index (κ2) is 9.31. The van der Waals surface area contributed by atoms with Crippen LogP contribution < -0.4 is 10.6 Å². The molecule has 31 heavy (non-hydrogen) atoms. The van der Waals surface area contributed by atoms with Gasteiger partial charge in [0, 0.05) is 14.1 Å². The number of benzene rings is 1. The first kappa shape index (κ1) is 22.5. The Morgan fingerprint density at radius 1 is 1.13 bits per heavy atom. The number of aromatic nitrogens is 4. The van der Waals surface area contributed by atoms with Crippen LogP contribution in [-0.2, 0) is 30.2 Å². The summed E-state index contributed by atoms with van der Waals surface area (Å²) in [7, 11) is 8.63. The predicted octanol–water partition coefficient (Wildman–Crippen LogP) is 1.13. The molecular weight excluding hydrogens is 431 g/mol. The van der Waals surface area contributed by atoms with E-state index in [1.165, 1.54) is 19.2 Å². The fourth-order valence-electron chi connectivity index (χ4n) is 3.14. The van der Waals surface area contributed by atoms with E-state index in [2.05, 4.69) is 23.1 Å². The molecule has 0 unspecified atom stereocenters. The molecule has 0 atom stereocenters. The maximum absolute atomic E-state index is 12.1. The zero-order valence-corrected chi connectivity index (χ0v) is 19.0. The zero-order chi connectivity index (χ0) is 22.7. The van der Waals surface area contributed by atoms with E-state index in [-0.39, 0.29) is 5.57 Å². The Bertz CT molecular complexity index is 1330. The molecule has 0 aliphatic rings. The number of imidazole rings is 1. The quantitative estimate of drug-likeness (QED) is 0.193. The van der Waals surface area contributed by atoms with Crippen LogP contribution in [0.15, 0.2) is 36.2 Å². The van der Waals surface area contributed by atoms with E-state index in [1.54, 1.807) is 10.9 Å². The van der Waals surface area contributed by atoms with E-state index < -0.39 is 11.8 Å². The first-order valence-corrected chi connectivity index (χ1v) is 10.2. The normalized spacial score (nSPS) is 11.4. The SMILES string of the molecule is B=CNC(=O)/C(=C/c1ccc(Cn2cnc3c2c(=S)n(C)c(=S)n3C)cc1)C(=O)NC. The molecule has 0 spiro atoms. The third-order valence-electron chi connectivity index (χ3n) is 4.81. The average molecular weight is 452 g/mol. The molecule has 0 bridgehead atoms. The van der Waals surface area contributed by atoms with Gasteiger partial charge in [0.05, 0.1) is 0 Å². The van der Waals surface area contributed by atoms with Crippen LogP contribution in [0.4, 0.5) is 0 Å². The molecule has 3 aromatic rings. The van der Waals surface area contributed by atoms with E-state index in [1.807, 2.05) is 47.5 Å². The fraction of sp³-hybridized carbons (Fsp3) is 0.200. The van der Waals surface area contributed by atoms with Gasteiger partial charge in [-0.1, -0.05) is 12.2 Å². The number of carbonyl (C=O) groups is 2. The molecule has 158 valence electrons. The number of carbonyl (C=O) groups excluding carboxylic acids is 2. The number of rotatable bonds is 6. The first-order chi connectivity index (χ1) is 14.8. The summed E-state index contributed by atoms with van der Waals surface area (Å²) in [6.45, 7) is 0.556. The Morgan fingerprint density at radius 3 is 2.42 bits per heavy atom. The number of nitrogens with one attached hydrogen (secondary N) is 2. The summed E-state index contributed by atoms with van der Waals surface area (Å²) in [4.78, 5) is 28.6. The Kier molecular flexibility index (Phi) is 6.76. The maximum atomic E-state index is 12.1. The van der Waals surface area contributed by atoms with Crippen LogP contribution in [0.1, 0.15) is 11.1 Å². The summed E-state index contributed by atoms with van der Waals surface area (Å²) in [5.74, 6) is -1.00. The van der Waals surface area contributed by atoms with Crippen molar-refractivity contribution < 1.29 is 9.59 Å². The number of aryl methyl sites for hydroxylation is 1. The van der Waals surface area contributed by atoms with Crippen molar-refractivity contribution in [2.24, 2.45) is 14.1 Å². The van der Waals surface area contributed by atoms with Gasteiger partial charge in [-0.05, 0) is 12.2 Å². The number of likely N-dealkylation sites (N-methyl/N-ethyl adjacent to an activating group) is 1. The fourth-order valence-corrected chi connectivity index (χ4v) is 3.67. The van der Waals surface area contributed by atoms with Crippen molar-refractivity contribution in [3.8, 4) is 0 Å². The molecular formula is C20H21BN6O2S2. The van der Waals surface area contributed by atoms with E-state index in [0.29, 0.717) is 16.0 Å². The van der Waals surface area contributed by atoms with Crippen LogP contribution in [0.3, 0.4) is 0 Å². The molecule has 0 fully saturated rings. The molecule has 11 heteroatoms. The third kappa shape index (κ3) is 4.47. The van der Waals surface area contributed by atoms with Crippen LogP contribution in [0.25, 0.3) is 17.2 Å². The van der Waals surface area contributed by atoms with Crippen molar-refractivity contribution in [2.45, 2.75) is 6.54 Å². The summed E-state index contributed by atoms with van der Waals surface area (Å²) < 4.78 is 6.82. The Morgan fingerprint density at radius 2 is 1.81 bits per heavy atom. The zero-order valence-electron chi connectivity index (χ0n) is 17.4. The monoisotopic (exact) mass is 452 g/mol. The van der Waals surface area contributed by atoms with Crippen molar-refractivity contribution >= 4 is 67.1 Å². The first-order valence-electron chi connectivity index (χ1n) is 9.33. The van der Waals surface area contributed by atoms with E-state index in [9.17, 15) is 9.59 Å². The summed E-state index contributed by atoms with van der Waals surface area (Å²) in [6, 6.07) is 7.53. The predicted molar refractivity (Wildman–Crippen MR) is 128 cm³/mol. The minimum absolute atomic E-state index is 0.00813. The Hall–Kier alpha value is -3.18. The van der Waals surface area contributed by atoms with Gasteiger partial charge < -0.3 is 9.13 Å². The van der Waals surface area contributed by atoms with Gasteiger partial charge in [0.2, 0.25) is 0 Å². The van der Waals surface area contributed by atoms with Gasteiger partial charge in [0.1, 0.15) is 4.64 Å². The van der Waals surface area contributed by atoms with Crippen molar-refractivity contribution in [3.63, 3.8) is 0 Å². The van der Waals surface area contributed by atoms with Crippen molar-refractivity contribution in [1.29, 1.82) is 0 Å². The Balaban J connectivity index is 1.93. The van der Waals surface area contributed by atoms with Gasteiger partial charge in [0.15, 0.2) is 10.4 Å². The summed E-state index contributed by atoms with van der Waals surface area (Å²) in [5.41, 5.74) is 3.29. The number of hydrogen-bond acceptors (Lipinski definition) is 5. The molecule has 0 aliphatic heterocycles. The topological polar surface area (TPSA) is 85.9 Å². The molecule has 3 rings (SSSR count). The van der Waals surface area contributed by atoms with Crippen LogP contribution in [0.5, 0.6) is 0 Å². The second-order valence-electron chi connectivity index (χ2n) is 6.81. The van der Waals surface area contributed by atoms with Crippen LogP contribution in [-0.4, -0.2) is 51.1 Å². The van der Waals surface area contributed by atoms with Crippen molar-refractivity contribution in [2.75, 3.05) is 7.05 Å². The summed E-state index contributed by atoms with van der Waals surface area (Å²) in [5, 5.41) is 4.89. The summed E-state index contributed by atoms with van der Waals surface area (Å²) in [6.07, 6.45) is 4.51. The number of hydrogen-bond donors (Lipinski definition) is 2. The van der Waals surface area contributed by atoms with E-state index in [0.717, 1.165) is 22.3 Å². The molecule has 0 saturated carbocycles. The molecule has 8 nitrogen and oxygen atoms in total. The Labute approximate surface area is 190 Å². The molecule has 1 aromatic carbocycles. The van der Waals surface area contributed by atoms with Gasteiger partial charge in [-0.3, -0.25) is 0 Å². The second-order valence-corrected chi connectivity index (χ2v) is 7.56. The average Bonchev–Trinajstić information content (AvgIpc) is 3.19. The molecule has 2 amide bonds. The third-order valence-corrected chi connectivity index (χ3v) is 5.83. The van der Waals surface area contributed by atoms with Gasteiger partial charge in [-0.2, -0.15) is 0 Å². The van der Waals surface area contributed by atoms with Crippen LogP contribution in [0, 0.1) is 9.41 Å². The van der Waals surface area contributed by atoms with Gasteiger partial charge in [-0.15, -0.1) is 0 Å². The van der Waals surface area contributed by atoms with Crippen molar-refractivity contribution in [1.82, 2.24) is 29.3 Å². The van der Waals surface area contributed by atoms with Gasteiger partial charge in [-0.25, -0.2) is 4.98 Å².